The maximum atomic E-state index is 12.2. The molecular weight excluding hydrogens is 307 g/mol. The normalized spacial score (nSPS) is 23.8. The number of aromatic nitrogens is 1. The van der Waals surface area contributed by atoms with Crippen LogP contribution in [0.3, 0.4) is 0 Å². The number of ether oxygens (including phenoxy) is 1. The Labute approximate surface area is 134 Å². The standard InChI is InChI=1S/C16H22F3N3O/c17-16(18,19)23-14-5-6-15(20-12-14)22-10-3-4-13(7-11-22)21-8-1-2-9-21/h5-6,12-13H,1-4,7-11H2. The molecular formula is C16H22F3N3O. The molecule has 3 heterocycles. The Morgan fingerprint density at radius 2 is 1.78 bits per heavy atom. The Morgan fingerprint density at radius 1 is 1.00 bits per heavy atom. The van der Waals surface area contributed by atoms with Crippen LogP contribution in [0.1, 0.15) is 32.1 Å². The van der Waals surface area contributed by atoms with Gasteiger partial charge >= 0.3 is 6.36 Å². The summed E-state index contributed by atoms with van der Waals surface area (Å²) >= 11 is 0. The van der Waals surface area contributed by atoms with E-state index in [1.807, 2.05) is 0 Å². The quantitative estimate of drug-likeness (QED) is 0.849. The lowest BCUT2D eigenvalue weighted by atomic mass is 10.1. The summed E-state index contributed by atoms with van der Waals surface area (Å²) in [5.41, 5.74) is 0. The van der Waals surface area contributed by atoms with E-state index in [1.165, 1.54) is 38.4 Å². The molecule has 23 heavy (non-hydrogen) atoms. The van der Waals surface area contributed by atoms with Crippen molar-refractivity contribution in [3.05, 3.63) is 18.3 Å². The Kier molecular flexibility index (Phi) is 4.94. The van der Waals surface area contributed by atoms with Crippen molar-refractivity contribution in [3.63, 3.8) is 0 Å². The molecule has 2 fully saturated rings. The van der Waals surface area contributed by atoms with E-state index in [9.17, 15) is 13.2 Å². The van der Waals surface area contributed by atoms with Crippen LogP contribution in [-0.4, -0.2) is 48.5 Å². The highest BCUT2D eigenvalue weighted by Crippen LogP contribution is 2.26. The van der Waals surface area contributed by atoms with E-state index in [0.717, 1.165) is 37.9 Å². The molecule has 0 spiro atoms. The van der Waals surface area contributed by atoms with Gasteiger partial charge in [-0.15, -0.1) is 13.2 Å². The second-order valence-corrected chi connectivity index (χ2v) is 6.21. The van der Waals surface area contributed by atoms with Crippen LogP contribution in [0.15, 0.2) is 18.3 Å². The molecule has 2 saturated heterocycles. The first kappa shape index (κ1) is 16.4. The summed E-state index contributed by atoms with van der Waals surface area (Å²) in [5, 5.41) is 0. The van der Waals surface area contributed by atoms with Gasteiger partial charge in [0.2, 0.25) is 0 Å². The highest BCUT2D eigenvalue weighted by Gasteiger charge is 2.31. The first-order chi connectivity index (χ1) is 11.0. The lowest BCUT2D eigenvalue weighted by Gasteiger charge is -2.26. The molecule has 1 aromatic rings. The van der Waals surface area contributed by atoms with Crippen LogP contribution >= 0.6 is 0 Å². The third-order valence-corrected chi connectivity index (χ3v) is 4.63. The molecule has 1 unspecified atom stereocenters. The van der Waals surface area contributed by atoms with Gasteiger partial charge in [0, 0.05) is 19.1 Å². The maximum absolute atomic E-state index is 12.2. The molecule has 0 radical (unpaired) electrons. The summed E-state index contributed by atoms with van der Waals surface area (Å²) in [7, 11) is 0. The Hall–Kier alpha value is -1.50. The summed E-state index contributed by atoms with van der Waals surface area (Å²) < 4.78 is 40.4. The van der Waals surface area contributed by atoms with Gasteiger partial charge in [-0.3, -0.25) is 0 Å². The average Bonchev–Trinajstić information content (AvgIpc) is 2.92. The van der Waals surface area contributed by atoms with Gasteiger partial charge in [-0.05, 0) is 57.3 Å². The first-order valence-electron chi connectivity index (χ1n) is 8.22. The van der Waals surface area contributed by atoms with Crippen LogP contribution in [0, 0.1) is 0 Å². The lowest BCUT2D eigenvalue weighted by Crippen LogP contribution is -2.34. The van der Waals surface area contributed by atoms with Crippen molar-refractivity contribution in [3.8, 4) is 5.75 Å². The van der Waals surface area contributed by atoms with Crippen molar-refractivity contribution in [2.45, 2.75) is 44.5 Å². The van der Waals surface area contributed by atoms with E-state index in [1.54, 1.807) is 6.07 Å². The van der Waals surface area contributed by atoms with Crippen LogP contribution in [0.4, 0.5) is 19.0 Å². The molecule has 1 aromatic heterocycles. The summed E-state index contributed by atoms with van der Waals surface area (Å²) in [6.45, 7) is 4.20. The summed E-state index contributed by atoms with van der Waals surface area (Å²) in [4.78, 5) is 8.88. The number of rotatable bonds is 3. The highest BCUT2D eigenvalue weighted by atomic mass is 19.4. The van der Waals surface area contributed by atoms with E-state index in [4.69, 9.17) is 0 Å². The summed E-state index contributed by atoms with van der Waals surface area (Å²) in [5.74, 6) is 0.451. The van der Waals surface area contributed by atoms with Gasteiger partial charge < -0.3 is 14.5 Å². The molecule has 128 valence electrons. The van der Waals surface area contributed by atoms with E-state index in [0.29, 0.717) is 6.04 Å². The molecule has 2 aliphatic rings. The van der Waals surface area contributed by atoms with Gasteiger partial charge in [-0.1, -0.05) is 0 Å². The van der Waals surface area contributed by atoms with Crippen LogP contribution in [0.25, 0.3) is 0 Å². The summed E-state index contributed by atoms with van der Waals surface area (Å²) in [6, 6.07) is 3.57. The second-order valence-electron chi connectivity index (χ2n) is 6.21. The predicted molar refractivity (Wildman–Crippen MR) is 81.6 cm³/mol. The zero-order chi connectivity index (χ0) is 16.3. The number of anilines is 1. The van der Waals surface area contributed by atoms with Crippen molar-refractivity contribution in [2.75, 3.05) is 31.1 Å². The second kappa shape index (κ2) is 6.95. The third-order valence-electron chi connectivity index (χ3n) is 4.63. The molecule has 0 aromatic carbocycles. The summed E-state index contributed by atoms with van der Waals surface area (Å²) in [6.07, 6.45) is 2.42. The van der Waals surface area contributed by atoms with E-state index in [2.05, 4.69) is 19.5 Å². The zero-order valence-electron chi connectivity index (χ0n) is 13.1. The van der Waals surface area contributed by atoms with E-state index in [-0.39, 0.29) is 5.75 Å². The van der Waals surface area contributed by atoms with Gasteiger partial charge in [0.1, 0.15) is 11.6 Å². The molecule has 0 aliphatic carbocycles. The minimum Gasteiger partial charge on any atom is -0.404 e. The van der Waals surface area contributed by atoms with Gasteiger partial charge in [0.25, 0.3) is 0 Å². The van der Waals surface area contributed by atoms with Crippen LogP contribution in [0.2, 0.25) is 0 Å². The Morgan fingerprint density at radius 3 is 2.43 bits per heavy atom. The molecule has 2 aliphatic heterocycles. The smallest absolute Gasteiger partial charge is 0.404 e. The maximum Gasteiger partial charge on any atom is 0.573 e. The first-order valence-corrected chi connectivity index (χ1v) is 8.22. The number of nitrogens with zero attached hydrogens (tertiary/aromatic N) is 3. The predicted octanol–water partition coefficient (Wildman–Crippen LogP) is 3.43. The highest BCUT2D eigenvalue weighted by molar-refractivity contribution is 5.41. The average molecular weight is 329 g/mol. The SMILES string of the molecule is FC(F)(F)Oc1ccc(N2CCCC(N3CCCC3)CC2)nc1. The number of pyridine rings is 1. The van der Waals surface area contributed by atoms with Crippen LogP contribution in [-0.2, 0) is 0 Å². The Bertz CT molecular complexity index is 500. The van der Waals surface area contributed by atoms with Gasteiger partial charge in [0.15, 0.2) is 0 Å². The third kappa shape index (κ3) is 4.50. The number of likely N-dealkylation sites (tertiary alicyclic amines) is 1. The molecule has 0 amide bonds. The van der Waals surface area contributed by atoms with Crippen molar-refractivity contribution in [1.82, 2.24) is 9.88 Å². The van der Waals surface area contributed by atoms with Gasteiger partial charge in [-0.2, -0.15) is 0 Å². The van der Waals surface area contributed by atoms with Crippen molar-refractivity contribution in [1.29, 1.82) is 0 Å². The number of hydrogen-bond donors (Lipinski definition) is 0. The molecule has 1 atom stereocenters. The minimum atomic E-state index is -4.67. The molecule has 4 nitrogen and oxygen atoms in total. The molecule has 3 rings (SSSR count). The number of halogens is 3. The van der Waals surface area contributed by atoms with Crippen molar-refractivity contribution < 1.29 is 17.9 Å². The van der Waals surface area contributed by atoms with Crippen LogP contribution < -0.4 is 9.64 Å². The van der Waals surface area contributed by atoms with Crippen molar-refractivity contribution in [2.24, 2.45) is 0 Å². The molecule has 7 heteroatoms. The zero-order valence-corrected chi connectivity index (χ0v) is 13.1. The van der Waals surface area contributed by atoms with Crippen molar-refractivity contribution >= 4 is 5.82 Å². The minimum absolute atomic E-state index is 0.272. The number of alkyl halides is 3. The lowest BCUT2D eigenvalue weighted by molar-refractivity contribution is -0.274. The van der Waals surface area contributed by atoms with E-state index < -0.39 is 6.36 Å². The monoisotopic (exact) mass is 329 g/mol. The topological polar surface area (TPSA) is 28.6 Å². The van der Waals surface area contributed by atoms with E-state index >= 15 is 0 Å². The van der Waals surface area contributed by atoms with Crippen LogP contribution in [0.5, 0.6) is 5.75 Å². The fourth-order valence-electron chi connectivity index (χ4n) is 3.53. The molecule has 0 saturated carbocycles. The van der Waals surface area contributed by atoms with Gasteiger partial charge in [-0.25, -0.2) is 4.98 Å². The molecule has 0 N–H and O–H groups in total. The van der Waals surface area contributed by atoms with Gasteiger partial charge in [0.05, 0.1) is 6.20 Å². The largest absolute Gasteiger partial charge is 0.573 e. The fourth-order valence-corrected chi connectivity index (χ4v) is 3.53. The fraction of sp³-hybridized carbons (Fsp3) is 0.688. The Balaban J connectivity index is 1.58. The number of hydrogen-bond acceptors (Lipinski definition) is 4. The molecule has 0 bridgehead atoms.